The van der Waals surface area contributed by atoms with Gasteiger partial charge in [0.05, 0.1) is 4.90 Å². The summed E-state index contributed by atoms with van der Waals surface area (Å²) in [7, 11) is 1.57. The van der Waals surface area contributed by atoms with Crippen molar-refractivity contribution in [1.82, 2.24) is 4.90 Å². The first-order chi connectivity index (χ1) is 9.71. The Balaban J connectivity index is 2.45. The Morgan fingerprint density at radius 3 is 2.62 bits per heavy atom. The van der Waals surface area contributed by atoms with Gasteiger partial charge >= 0.3 is 0 Å². The third-order valence-electron chi connectivity index (χ3n) is 3.87. The van der Waals surface area contributed by atoms with Crippen LogP contribution in [0, 0.1) is 6.92 Å². The minimum atomic E-state index is -3.88. The number of benzene rings is 1. The number of hydrogen-bond donors (Lipinski definition) is 0. The van der Waals surface area contributed by atoms with E-state index in [0.29, 0.717) is 22.1 Å². The van der Waals surface area contributed by atoms with Crippen molar-refractivity contribution >= 4 is 41.6 Å². The zero-order chi connectivity index (χ0) is 15.8. The maximum atomic E-state index is 12.6. The molecular weight excluding hydrogens is 378 g/mol. The van der Waals surface area contributed by atoms with Crippen LogP contribution in [-0.2, 0) is 9.05 Å². The molecule has 1 aliphatic heterocycles. The molecule has 116 valence electrons. The predicted octanol–water partition coefficient (Wildman–Crippen LogP) is 3.70. The molecule has 2 rings (SSSR count). The van der Waals surface area contributed by atoms with Crippen molar-refractivity contribution in [3.05, 3.63) is 27.7 Å². The SMILES string of the molecule is Cc1c(Br)cc(C(=O)N2CCCCC2C)cc1S(=O)(=O)Cl. The maximum absolute atomic E-state index is 12.6. The van der Waals surface area contributed by atoms with Gasteiger partial charge in [0.25, 0.3) is 15.0 Å². The lowest BCUT2D eigenvalue weighted by Gasteiger charge is -2.33. The number of hydrogen-bond acceptors (Lipinski definition) is 3. The normalized spacial score (nSPS) is 19.6. The van der Waals surface area contributed by atoms with E-state index in [1.54, 1.807) is 17.9 Å². The minimum Gasteiger partial charge on any atom is -0.336 e. The number of halogens is 2. The van der Waals surface area contributed by atoms with E-state index >= 15 is 0 Å². The molecule has 1 unspecified atom stereocenters. The Morgan fingerprint density at radius 1 is 1.38 bits per heavy atom. The molecule has 0 spiro atoms. The highest BCUT2D eigenvalue weighted by Gasteiger charge is 2.26. The van der Waals surface area contributed by atoms with E-state index in [9.17, 15) is 13.2 Å². The van der Waals surface area contributed by atoms with Gasteiger partial charge in [-0.25, -0.2) is 8.42 Å². The summed E-state index contributed by atoms with van der Waals surface area (Å²) in [6, 6.07) is 3.19. The molecule has 1 heterocycles. The highest BCUT2D eigenvalue weighted by molar-refractivity contribution is 9.10. The van der Waals surface area contributed by atoms with Gasteiger partial charge in [0, 0.05) is 33.3 Å². The van der Waals surface area contributed by atoms with Crippen molar-refractivity contribution < 1.29 is 13.2 Å². The summed E-state index contributed by atoms with van der Waals surface area (Å²) in [5.41, 5.74) is 0.855. The van der Waals surface area contributed by atoms with Crippen LogP contribution in [0.1, 0.15) is 42.1 Å². The lowest BCUT2D eigenvalue weighted by atomic mass is 10.0. The average Bonchev–Trinajstić information content (AvgIpc) is 2.40. The fraction of sp³-hybridized carbons (Fsp3) is 0.500. The summed E-state index contributed by atoms with van der Waals surface area (Å²) in [5.74, 6) is -0.149. The second-order valence-corrected chi connectivity index (χ2v) is 8.75. The van der Waals surface area contributed by atoms with Crippen LogP contribution >= 0.6 is 26.6 Å². The number of piperidine rings is 1. The molecule has 1 atom stereocenters. The zero-order valence-corrected chi connectivity index (χ0v) is 15.1. The summed E-state index contributed by atoms with van der Waals surface area (Å²) < 4.78 is 23.8. The van der Waals surface area contributed by atoms with Crippen molar-refractivity contribution in [1.29, 1.82) is 0 Å². The van der Waals surface area contributed by atoms with E-state index in [2.05, 4.69) is 15.9 Å². The van der Waals surface area contributed by atoms with Crippen LogP contribution in [0.15, 0.2) is 21.5 Å². The van der Waals surface area contributed by atoms with Gasteiger partial charge < -0.3 is 4.90 Å². The molecule has 0 aromatic heterocycles. The number of carbonyl (C=O) groups is 1. The van der Waals surface area contributed by atoms with E-state index in [1.807, 2.05) is 6.92 Å². The fourth-order valence-electron chi connectivity index (χ4n) is 2.60. The maximum Gasteiger partial charge on any atom is 0.261 e. The smallest absolute Gasteiger partial charge is 0.261 e. The van der Waals surface area contributed by atoms with E-state index in [0.717, 1.165) is 19.3 Å². The number of likely N-dealkylation sites (tertiary alicyclic amines) is 1. The Bertz CT molecular complexity index is 675. The van der Waals surface area contributed by atoms with Gasteiger partial charge in [0.1, 0.15) is 0 Å². The summed E-state index contributed by atoms with van der Waals surface area (Å²) in [6.07, 6.45) is 3.06. The molecule has 7 heteroatoms. The molecule has 1 fully saturated rings. The monoisotopic (exact) mass is 393 g/mol. The fourth-order valence-corrected chi connectivity index (χ4v) is 4.41. The van der Waals surface area contributed by atoms with Gasteiger partial charge in [-0.2, -0.15) is 0 Å². The van der Waals surface area contributed by atoms with Crippen molar-refractivity contribution in [2.45, 2.75) is 44.0 Å². The van der Waals surface area contributed by atoms with Crippen molar-refractivity contribution in [3.8, 4) is 0 Å². The topological polar surface area (TPSA) is 54.5 Å². The van der Waals surface area contributed by atoms with Crippen molar-refractivity contribution in [2.24, 2.45) is 0 Å². The Hall–Kier alpha value is -0.590. The van der Waals surface area contributed by atoms with Gasteiger partial charge in [0.15, 0.2) is 0 Å². The number of nitrogens with zero attached hydrogens (tertiary/aromatic N) is 1. The Kier molecular flexibility index (Phi) is 5.00. The van der Waals surface area contributed by atoms with Crippen LogP contribution in [0.4, 0.5) is 0 Å². The van der Waals surface area contributed by atoms with Crippen LogP contribution in [-0.4, -0.2) is 31.8 Å². The molecule has 0 N–H and O–H groups in total. The second kappa shape index (κ2) is 6.26. The molecule has 0 radical (unpaired) electrons. The highest BCUT2D eigenvalue weighted by Crippen LogP contribution is 2.29. The summed E-state index contributed by atoms with van der Waals surface area (Å²) in [5, 5.41) is 0. The molecule has 0 saturated carbocycles. The quantitative estimate of drug-likeness (QED) is 0.719. The van der Waals surface area contributed by atoms with Gasteiger partial charge in [-0.05, 0) is 50.8 Å². The molecule has 0 bridgehead atoms. The molecule has 0 aliphatic carbocycles. The van der Waals surface area contributed by atoms with Crippen LogP contribution in [0.2, 0.25) is 0 Å². The minimum absolute atomic E-state index is 0.0217. The molecule has 4 nitrogen and oxygen atoms in total. The zero-order valence-electron chi connectivity index (χ0n) is 11.9. The van der Waals surface area contributed by atoms with Crippen LogP contribution in [0.5, 0.6) is 0 Å². The third kappa shape index (κ3) is 3.60. The molecular formula is C14H17BrClNO3S. The Morgan fingerprint density at radius 2 is 2.05 bits per heavy atom. The van der Waals surface area contributed by atoms with E-state index in [-0.39, 0.29) is 16.8 Å². The number of amides is 1. The first-order valence-corrected chi connectivity index (χ1v) is 9.88. The summed E-state index contributed by atoms with van der Waals surface area (Å²) >= 11 is 3.30. The van der Waals surface area contributed by atoms with Gasteiger partial charge in [0.2, 0.25) is 0 Å². The van der Waals surface area contributed by atoms with Crippen molar-refractivity contribution in [2.75, 3.05) is 6.54 Å². The molecule has 1 amide bonds. The summed E-state index contributed by atoms with van der Waals surface area (Å²) in [4.78, 5) is 14.4. The lowest BCUT2D eigenvalue weighted by molar-refractivity contribution is 0.0635. The largest absolute Gasteiger partial charge is 0.336 e. The first kappa shape index (κ1) is 16.8. The molecule has 1 aliphatic rings. The molecule has 1 aromatic rings. The second-order valence-electron chi connectivity index (χ2n) is 5.36. The predicted molar refractivity (Wildman–Crippen MR) is 86.3 cm³/mol. The van der Waals surface area contributed by atoms with Gasteiger partial charge in [-0.15, -0.1) is 0 Å². The van der Waals surface area contributed by atoms with Gasteiger partial charge in [-0.3, -0.25) is 4.79 Å². The van der Waals surface area contributed by atoms with E-state index in [4.69, 9.17) is 10.7 Å². The molecule has 21 heavy (non-hydrogen) atoms. The Labute approximate surface area is 138 Å². The number of rotatable bonds is 2. The summed E-state index contributed by atoms with van der Waals surface area (Å²) in [6.45, 7) is 4.37. The van der Waals surface area contributed by atoms with Crippen LogP contribution < -0.4 is 0 Å². The lowest BCUT2D eigenvalue weighted by Crippen LogP contribution is -2.42. The first-order valence-electron chi connectivity index (χ1n) is 6.77. The van der Waals surface area contributed by atoms with Crippen LogP contribution in [0.25, 0.3) is 0 Å². The number of carbonyl (C=O) groups excluding carboxylic acids is 1. The van der Waals surface area contributed by atoms with E-state index in [1.165, 1.54) is 6.07 Å². The van der Waals surface area contributed by atoms with Gasteiger partial charge in [-0.1, -0.05) is 15.9 Å². The van der Waals surface area contributed by atoms with E-state index < -0.39 is 9.05 Å². The van der Waals surface area contributed by atoms with Crippen LogP contribution in [0.3, 0.4) is 0 Å². The van der Waals surface area contributed by atoms with Crippen molar-refractivity contribution in [3.63, 3.8) is 0 Å². The molecule has 1 aromatic carbocycles. The average molecular weight is 395 g/mol. The third-order valence-corrected chi connectivity index (χ3v) is 6.14. The standard InChI is InChI=1S/C14H17BrClNO3S/c1-9-5-3-4-6-17(9)14(18)11-7-12(15)10(2)13(8-11)21(16,19)20/h7-9H,3-6H2,1-2H3. The highest BCUT2D eigenvalue weighted by atomic mass is 79.9. The molecule has 1 saturated heterocycles.